The van der Waals surface area contributed by atoms with Crippen molar-refractivity contribution < 1.29 is 0 Å². The minimum atomic E-state index is -2.03. The number of anilines is 2. The summed E-state index contributed by atoms with van der Waals surface area (Å²) in [6.07, 6.45) is 2.05. The highest BCUT2D eigenvalue weighted by atomic mass is 28.3. The van der Waals surface area contributed by atoms with Crippen molar-refractivity contribution in [2.24, 2.45) is 0 Å². The first-order valence-electron chi connectivity index (χ1n) is 11.0. The number of aryl methyl sites for hydroxylation is 2. The highest BCUT2D eigenvalue weighted by molar-refractivity contribution is 7.02. The standard InChI is InChI=1S/C28H30N2Si/c29-25-11-7-9-23(21-25)17-19-31(27-13-3-1-4-14-27,28-15-5-2-6-16-28)20-18-24-10-8-12-26(30)22-24/h1-16,21-22H,17-20,29-30H2. The Bertz CT molecular complexity index is 1020. The van der Waals surface area contributed by atoms with Crippen molar-refractivity contribution in [3.63, 3.8) is 0 Å². The Kier molecular flexibility index (Phi) is 6.53. The van der Waals surface area contributed by atoms with Crippen molar-refractivity contribution >= 4 is 29.8 Å². The van der Waals surface area contributed by atoms with Gasteiger partial charge < -0.3 is 11.5 Å². The molecule has 0 aliphatic heterocycles. The van der Waals surface area contributed by atoms with Crippen molar-refractivity contribution in [1.82, 2.24) is 0 Å². The molecule has 4 N–H and O–H groups in total. The molecule has 0 spiro atoms. The molecular formula is C28H30N2Si. The summed E-state index contributed by atoms with van der Waals surface area (Å²) in [6, 6.07) is 41.2. The average molecular weight is 423 g/mol. The average Bonchev–Trinajstić information content (AvgIpc) is 2.81. The number of hydrogen-bond donors (Lipinski definition) is 2. The van der Waals surface area contributed by atoms with Gasteiger partial charge in [-0.05, 0) is 60.3 Å². The molecule has 0 fully saturated rings. The van der Waals surface area contributed by atoms with Crippen LogP contribution in [0, 0.1) is 0 Å². The van der Waals surface area contributed by atoms with E-state index in [-0.39, 0.29) is 0 Å². The molecule has 0 aromatic heterocycles. The zero-order valence-corrected chi connectivity index (χ0v) is 18.9. The summed E-state index contributed by atoms with van der Waals surface area (Å²) in [5, 5.41) is 2.99. The van der Waals surface area contributed by atoms with Crippen LogP contribution in [0.4, 0.5) is 11.4 Å². The van der Waals surface area contributed by atoms with E-state index in [0.717, 1.165) is 36.3 Å². The summed E-state index contributed by atoms with van der Waals surface area (Å²) in [5.41, 5.74) is 16.4. The van der Waals surface area contributed by atoms with Gasteiger partial charge in [-0.3, -0.25) is 0 Å². The van der Waals surface area contributed by atoms with Gasteiger partial charge in [0.05, 0.1) is 0 Å². The molecule has 0 bridgehead atoms. The molecule has 4 aromatic carbocycles. The Morgan fingerprint density at radius 1 is 0.484 bits per heavy atom. The van der Waals surface area contributed by atoms with Crippen LogP contribution >= 0.6 is 0 Å². The topological polar surface area (TPSA) is 52.0 Å². The van der Waals surface area contributed by atoms with E-state index in [1.165, 1.54) is 21.5 Å². The van der Waals surface area contributed by atoms with Gasteiger partial charge >= 0.3 is 0 Å². The van der Waals surface area contributed by atoms with Gasteiger partial charge in [0.15, 0.2) is 0 Å². The summed E-state index contributed by atoms with van der Waals surface area (Å²) in [6.45, 7) is 0. The third kappa shape index (κ3) is 5.07. The van der Waals surface area contributed by atoms with E-state index in [1.54, 1.807) is 0 Å². The molecule has 4 rings (SSSR count). The Morgan fingerprint density at radius 3 is 1.29 bits per heavy atom. The first-order valence-corrected chi connectivity index (χ1v) is 13.4. The smallest absolute Gasteiger partial charge is 0.118 e. The third-order valence-corrected chi connectivity index (χ3v) is 11.3. The fourth-order valence-electron chi connectivity index (χ4n) is 4.60. The van der Waals surface area contributed by atoms with E-state index in [4.69, 9.17) is 11.5 Å². The van der Waals surface area contributed by atoms with Crippen molar-refractivity contribution in [1.29, 1.82) is 0 Å². The number of hydrogen-bond acceptors (Lipinski definition) is 2. The lowest BCUT2D eigenvalue weighted by Gasteiger charge is -2.33. The van der Waals surface area contributed by atoms with Gasteiger partial charge in [0.2, 0.25) is 0 Å². The number of rotatable bonds is 8. The van der Waals surface area contributed by atoms with Gasteiger partial charge in [-0.2, -0.15) is 0 Å². The largest absolute Gasteiger partial charge is 0.399 e. The van der Waals surface area contributed by atoms with E-state index in [2.05, 4.69) is 97.1 Å². The van der Waals surface area contributed by atoms with Crippen LogP contribution in [0.3, 0.4) is 0 Å². The molecule has 0 atom stereocenters. The normalized spacial score (nSPS) is 11.4. The zero-order valence-electron chi connectivity index (χ0n) is 17.9. The third-order valence-electron chi connectivity index (χ3n) is 6.24. The van der Waals surface area contributed by atoms with Crippen LogP contribution in [0.1, 0.15) is 11.1 Å². The molecule has 0 amide bonds. The molecule has 2 nitrogen and oxygen atoms in total. The van der Waals surface area contributed by atoms with Gasteiger partial charge in [-0.25, -0.2) is 0 Å². The molecular weight excluding hydrogens is 392 g/mol. The van der Waals surface area contributed by atoms with Crippen LogP contribution in [0.2, 0.25) is 12.1 Å². The lowest BCUT2D eigenvalue weighted by atomic mass is 10.1. The van der Waals surface area contributed by atoms with Gasteiger partial charge in [0, 0.05) is 11.4 Å². The lowest BCUT2D eigenvalue weighted by molar-refractivity contribution is 1.04. The van der Waals surface area contributed by atoms with Crippen LogP contribution in [0.25, 0.3) is 0 Å². The Balaban J connectivity index is 1.74. The van der Waals surface area contributed by atoms with Crippen molar-refractivity contribution in [3.05, 3.63) is 120 Å². The lowest BCUT2D eigenvalue weighted by Crippen LogP contribution is -2.58. The second kappa shape index (κ2) is 9.67. The Labute approximate surface area is 186 Å². The minimum Gasteiger partial charge on any atom is -0.399 e. The van der Waals surface area contributed by atoms with E-state index in [9.17, 15) is 0 Å². The zero-order chi connectivity index (χ0) is 21.5. The first kappa shape index (κ1) is 20.9. The minimum absolute atomic E-state index is 0.837. The molecule has 0 heterocycles. The maximum absolute atomic E-state index is 6.07. The molecule has 0 unspecified atom stereocenters. The summed E-state index contributed by atoms with van der Waals surface area (Å²) in [4.78, 5) is 0. The maximum Gasteiger partial charge on any atom is 0.118 e. The van der Waals surface area contributed by atoms with E-state index < -0.39 is 8.07 Å². The van der Waals surface area contributed by atoms with Crippen LogP contribution in [-0.2, 0) is 12.8 Å². The second-order valence-electron chi connectivity index (χ2n) is 8.30. The Morgan fingerprint density at radius 2 is 0.903 bits per heavy atom. The van der Waals surface area contributed by atoms with Crippen LogP contribution in [-0.4, -0.2) is 8.07 Å². The Hall–Kier alpha value is -3.30. The summed E-state index contributed by atoms with van der Waals surface area (Å²) < 4.78 is 0. The molecule has 0 saturated carbocycles. The quantitative estimate of drug-likeness (QED) is 0.313. The van der Waals surface area contributed by atoms with Crippen molar-refractivity contribution in [2.45, 2.75) is 24.9 Å². The number of nitrogen functional groups attached to an aromatic ring is 2. The van der Waals surface area contributed by atoms with Crippen LogP contribution in [0.5, 0.6) is 0 Å². The highest BCUT2D eigenvalue weighted by Gasteiger charge is 2.36. The van der Waals surface area contributed by atoms with Crippen LogP contribution in [0.15, 0.2) is 109 Å². The predicted octanol–water partition coefficient (Wildman–Crippen LogP) is 4.90. The van der Waals surface area contributed by atoms with Gasteiger partial charge in [-0.1, -0.05) is 95.3 Å². The highest BCUT2D eigenvalue weighted by Crippen LogP contribution is 2.24. The molecule has 0 aliphatic carbocycles. The fraction of sp³-hybridized carbons (Fsp3) is 0.143. The van der Waals surface area contributed by atoms with E-state index in [1.807, 2.05) is 12.1 Å². The SMILES string of the molecule is Nc1cccc(CC[Si](CCc2cccc(N)c2)(c2ccccc2)c2ccccc2)c1. The van der Waals surface area contributed by atoms with E-state index in [0.29, 0.717) is 0 Å². The molecule has 0 aliphatic rings. The maximum atomic E-state index is 6.07. The molecule has 0 saturated heterocycles. The van der Waals surface area contributed by atoms with Crippen molar-refractivity contribution in [3.8, 4) is 0 Å². The number of nitrogens with two attached hydrogens (primary N) is 2. The molecule has 156 valence electrons. The van der Waals surface area contributed by atoms with E-state index >= 15 is 0 Å². The molecule has 31 heavy (non-hydrogen) atoms. The monoisotopic (exact) mass is 422 g/mol. The van der Waals surface area contributed by atoms with Crippen molar-refractivity contribution in [2.75, 3.05) is 11.5 Å². The molecule has 4 aromatic rings. The fourth-order valence-corrected chi connectivity index (χ4v) is 9.43. The second-order valence-corrected chi connectivity index (χ2v) is 12.6. The molecule has 0 radical (unpaired) electrons. The van der Waals surface area contributed by atoms with Gasteiger partial charge in [0.25, 0.3) is 0 Å². The first-order chi connectivity index (χ1) is 15.2. The number of benzene rings is 4. The summed E-state index contributed by atoms with van der Waals surface area (Å²) >= 11 is 0. The summed E-state index contributed by atoms with van der Waals surface area (Å²) in [5.74, 6) is 0. The van der Waals surface area contributed by atoms with Gasteiger partial charge in [0.1, 0.15) is 8.07 Å². The molecule has 3 heteroatoms. The predicted molar refractivity (Wildman–Crippen MR) is 137 cm³/mol. The van der Waals surface area contributed by atoms with Gasteiger partial charge in [-0.15, -0.1) is 0 Å². The van der Waals surface area contributed by atoms with Crippen LogP contribution < -0.4 is 21.8 Å². The summed E-state index contributed by atoms with van der Waals surface area (Å²) in [7, 11) is -2.03.